The van der Waals surface area contributed by atoms with Crippen molar-refractivity contribution in [2.24, 2.45) is 0 Å². The fourth-order valence-corrected chi connectivity index (χ4v) is 6.44. The SMILES string of the molecule is CCCc1ccc2c(c1)C(N(C)CCOc1ccc(CC(OC)C(=O)O)cc1)c1ccc(C(C)c3ccccc3)cc1CC2. The lowest BCUT2D eigenvalue weighted by molar-refractivity contribution is -0.148. The first-order valence-corrected chi connectivity index (χ1v) is 15.8. The lowest BCUT2D eigenvalue weighted by Crippen LogP contribution is -2.30. The number of likely N-dealkylation sites (N-methyl/N-ethyl adjacent to an activating group) is 1. The average Bonchev–Trinajstić information content (AvgIpc) is 3.20. The molecule has 0 fully saturated rings. The van der Waals surface area contributed by atoms with Gasteiger partial charge in [-0.15, -0.1) is 0 Å². The first-order valence-electron chi connectivity index (χ1n) is 15.8. The predicted octanol–water partition coefficient (Wildman–Crippen LogP) is 7.63. The molecule has 5 nitrogen and oxygen atoms in total. The van der Waals surface area contributed by atoms with E-state index in [1.807, 2.05) is 24.3 Å². The minimum atomic E-state index is -0.957. The standard InChI is InChI=1S/C39H45NO4/c1-5-9-28-12-15-31-16-17-33-26-32(27(2)30-10-7-6-8-11-30)18-21-35(33)38(36(31)24-28)40(3)22-23-44-34-19-13-29(14-20-34)25-37(43-4)39(41)42/h6-8,10-15,18-21,24,26-27,37-38H,5,9,16-17,22-23,25H2,1-4H3,(H,41,42). The lowest BCUT2D eigenvalue weighted by atomic mass is 9.87. The zero-order valence-electron chi connectivity index (χ0n) is 26.5. The monoisotopic (exact) mass is 591 g/mol. The van der Waals surface area contributed by atoms with Gasteiger partial charge in [0, 0.05) is 26.0 Å². The molecule has 0 amide bonds. The first kappa shape index (κ1) is 31.5. The number of rotatable bonds is 13. The van der Waals surface area contributed by atoms with E-state index in [4.69, 9.17) is 9.47 Å². The van der Waals surface area contributed by atoms with Crippen molar-refractivity contribution in [1.82, 2.24) is 4.90 Å². The van der Waals surface area contributed by atoms with Crippen LogP contribution in [0.4, 0.5) is 0 Å². The number of fused-ring (bicyclic) bond motifs is 2. The Labute approximate surface area is 262 Å². The number of methoxy groups -OCH3 is 1. The number of hydrogen-bond acceptors (Lipinski definition) is 4. The number of hydrogen-bond donors (Lipinski definition) is 1. The van der Waals surface area contributed by atoms with Crippen LogP contribution in [0.2, 0.25) is 0 Å². The molecule has 0 saturated heterocycles. The molecule has 0 aliphatic heterocycles. The summed E-state index contributed by atoms with van der Waals surface area (Å²) in [5.41, 5.74) is 10.7. The molecule has 0 bridgehead atoms. The second kappa shape index (κ2) is 14.7. The maximum Gasteiger partial charge on any atom is 0.333 e. The third kappa shape index (κ3) is 7.40. The van der Waals surface area contributed by atoms with Gasteiger partial charge in [0.25, 0.3) is 0 Å². The Morgan fingerprint density at radius 2 is 1.61 bits per heavy atom. The molecule has 230 valence electrons. The maximum absolute atomic E-state index is 11.3. The number of benzene rings is 4. The molecule has 0 radical (unpaired) electrons. The van der Waals surface area contributed by atoms with Crippen molar-refractivity contribution < 1.29 is 19.4 Å². The van der Waals surface area contributed by atoms with Gasteiger partial charge in [0.05, 0.1) is 6.04 Å². The Morgan fingerprint density at radius 3 is 2.32 bits per heavy atom. The van der Waals surface area contributed by atoms with Gasteiger partial charge in [0.15, 0.2) is 6.10 Å². The first-order chi connectivity index (χ1) is 21.4. The van der Waals surface area contributed by atoms with Gasteiger partial charge >= 0.3 is 5.97 Å². The molecular weight excluding hydrogens is 546 g/mol. The molecule has 3 atom stereocenters. The molecule has 5 heteroatoms. The van der Waals surface area contributed by atoms with Crippen LogP contribution in [0.5, 0.6) is 5.75 Å². The van der Waals surface area contributed by atoms with Gasteiger partial charge in [-0.3, -0.25) is 4.90 Å². The molecular formula is C39H45NO4. The average molecular weight is 592 g/mol. The van der Waals surface area contributed by atoms with Crippen molar-refractivity contribution in [2.75, 3.05) is 27.3 Å². The fraction of sp³-hybridized carbons (Fsp3) is 0.359. The number of carboxylic acids is 1. The largest absolute Gasteiger partial charge is 0.492 e. The summed E-state index contributed by atoms with van der Waals surface area (Å²) >= 11 is 0. The van der Waals surface area contributed by atoms with E-state index >= 15 is 0 Å². The normalized spacial score (nSPS) is 15.6. The Hall–Kier alpha value is -3.93. The molecule has 5 rings (SSSR count). The van der Waals surface area contributed by atoms with E-state index in [2.05, 4.69) is 92.5 Å². The molecule has 1 aliphatic carbocycles. The predicted molar refractivity (Wildman–Crippen MR) is 177 cm³/mol. The number of aryl methyl sites for hydroxylation is 3. The second-order valence-electron chi connectivity index (χ2n) is 12.0. The van der Waals surface area contributed by atoms with Crippen molar-refractivity contribution in [1.29, 1.82) is 0 Å². The molecule has 4 aromatic carbocycles. The van der Waals surface area contributed by atoms with E-state index in [-0.39, 0.29) is 6.04 Å². The summed E-state index contributed by atoms with van der Waals surface area (Å²) in [6.07, 6.45) is 3.75. The van der Waals surface area contributed by atoms with E-state index in [1.165, 1.54) is 46.1 Å². The number of carboxylic acid groups (broad SMARTS) is 1. The summed E-state index contributed by atoms with van der Waals surface area (Å²) in [6.45, 7) is 5.85. The second-order valence-corrected chi connectivity index (χ2v) is 12.0. The molecule has 0 heterocycles. The summed E-state index contributed by atoms with van der Waals surface area (Å²) in [6, 6.07) is 32.8. The zero-order valence-corrected chi connectivity index (χ0v) is 26.5. The van der Waals surface area contributed by atoms with E-state index in [0.29, 0.717) is 18.9 Å². The zero-order chi connectivity index (χ0) is 31.1. The van der Waals surface area contributed by atoms with Gasteiger partial charge < -0.3 is 14.6 Å². The van der Waals surface area contributed by atoms with Crippen LogP contribution in [0, 0.1) is 0 Å². The molecule has 1 aliphatic rings. The maximum atomic E-state index is 11.3. The summed E-state index contributed by atoms with van der Waals surface area (Å²) in [7, 11) is 3.63. The van der Waals surface area contributed by atoms with Crippen LogP contribution in [0.25, 0.3) is 0 Å². The van der Waals surface area contributed by atoms with Crippen molar-refractivity contribution >= 4 is 5.97 Å². The highest BCUT2D eigenvalue weighted by atomic mass is 16.5. The van der Waals surface area contributed by atoms with E-state index in [9.17, 15) is 9.90 Å². The van der Waals surface area contributed by atoms with E-state index < -0.39 is 12.1 Å². The highest BCUT2D eigenvalue weighted by Crippen LogP contribution is 2.38. The van der Waals surface area contributed by atoms with Crippen molar-refractivity contribution in [3.05, 3.63) is 136 Å². The third-order valence-electron chi connectivity index (χ3n) is 9.03. The van der Waals surface area contributed by atoms with Gasteiger partial charge in [-0.1, -0.05) is 99.1 Å². The van der Waals surface area contributed by atoms with Crippen LogP contribution < -0.4 is 4.74 Å². The van der Waals surface area contributed by atoms with Crippen LogP contribution in [-0.4, -0.2) is 49.4 Å². The van der Waals surface area contributed by atoms with Crippen molar-refractivity contribution in [3.63, 3.8) is 0 Å². The highest BCUT2D eigenvalue weighted by molar-refractivity contribution is 5.72. The number of carbonyl (C=O) groups is 1. The minimum absolute atomic E-state index is 0.147. The Bertz CT molecular complexity index is 1530. The number of nitrogens with zero attached hydrogens (tertiary/aromatic N) is 1. The molecule has 3 unspecified atom stereocenters. The Kier molecular flexibility index (Phi) is 10.5. The molecule has 1 N–H and O–H groups in total. The van der Waals surface area contributed by atoms with Gasteiger partial charge in [0.1, 0.15) is 12.4 Å². The van der Waals surface area contributed by atoms with Crippen molar-refractivity contribution in [3.8, 4) is 5.75 Å². The van der Waals surface area contributed by atoms with E-state index in [1.54, 1.807) is 0 Å². The third-order valence-corrected chi connectivity index (χ3v) is 9.03. The fourth-order valence-electron chi connectivity index (χ4n) is 6.44. The van der Waals surface area contributed by atoms with Crippen LogP contribution in [-0.2, 0) is 35.2 Å². The number of ether oxygens (including phenoxy) is 2. The minimum Gasteiger partial charge on any atom is -0.492 e. The summed E-state index contributed by atoms with van der Waals surface area (Å²) < 4.78 is 11.3. The summed E-state index contributed by atoms with van der Waals surface area (Å²) in [5.74, 6) is 0.155. The van der Waals surface area contributed by atoms with Crippen LogP contribution in [0.3, 0.4) is 0 Å². The number of aliphatic carboxylic acids is 1. The Balaban J connectivity index is 1.36. The lowest BCUT2D eigenvalue weighted by Gasteiger charge is -2.31. The molecule has 44 heavy (non-hydrogen) atoms. The molecule has 0 aromatic heterocycles. The molecule has 4 aromatic rings. The van der Waals surface area contributed by atoms with Crippen LogP contribution >= 0.6 is 0 Å². The van der Waals surface area contributed by atoms with Gasteiger partial charge in [-0.2, -0.15) is 0 Å². The van der Waals surface area contributed by atoms with Gasteiger partial charge in [0.2, 0.25) is 0 Å². The quantitative estimate of drug-likeness (QED) is 0.173. The summed E-state index contributed by atoms with van der Waals surface area (Å²) in [4.78, 5) is 13.7. The Morgan fingerprint density at radius 1 is 0.886 bits per heavy atom. The van der Waals surface area contributed by atoms with Gasteiger partial charge in [-0.05, 0) is 83.0 Å². The molecule has 0 saturated carbocycles. The summed E-state index contributed by atoms with van der Waals surface area (Å²) in [5, 5.41) is 9.28. The van der Waals surface area contributed by atoms with Crippen LogP contribution in [0.1, 0.15) is 76.7 Å². The van der Waals surface area contributed by atoms with Gasteiger partial charge in [-0.25, -0.2) is 4.79 Å². The topological polar surface area (TPSA) is 59.0 Å². The molecule has 0 spiro atoms. The smallest absolute Gasteiger partial charge is 0.333 e. The van der Waals surface area contributed by atoms with Crippen LogP contribution in [0.15, 0.2) is 91.0 Å². The van der Waals surface area contributed by atoms with E-state index in [0.717, 1.165) is 43.5 Å². The van der Waals surface area contributed by atoms with Crippen molar-refractivity contribution in [2.45, 2.75) is 64.0 Å². The highest BCUT2D eigenvalue weighted by Gasteiger charge is 2.28.